The number of nitrogens with zero attached hydrogens (tertiary/aromatic N) is 3. The van der Waals surface area contributed by atoms with Crippen molar-refractivity contribution in [2.24, 2.45) is 0 Å². The number of hydrogen-bond donors (Lipinski definition) is 0. The number of ether oxygens (including phenoxy) is 1. The number of hydrogen-bond acceptors (Lipinski definition) is 6. The number of thiazole rings is 1. The SMILES string of the molecule is O=C(OCc1csc(-c2ccccc2)n1)c1cc(-c2cccnc2)nc2ccccc12. The lowest BCUT2D eigenvalue weighted by Crippen LogP contribution is -2.07. The zero-order valence-corrected chi connectivity index (χ0v) is 17.3. The van der Waals surface area contributed by atoms with Crippen LogP contribution in [0.1, 0.15) is 16.1 Å². The van der Waals surface area contributed by atoms with Crippen LogP contribution in [0.25, 0.3) is 32.7 Å². The van der Waals surface area contributed by atoms with Crippen LogP contribution >= 0.6 is 11.3 Å². The maximum Gasteiger partial charge on any atom is 0.339 e. The van der Waals surface area contributed by atoms with Crippen molar-refractivity contribution in [3.63, 3.8) is 0 Å². The van der Waals surface area contributed by atoms with Crippen LogP contribution < -0.4 is 0 Å². The van der Waals surface area contributed by atoms with Crippen LogP contribution in [0.3, 0.4) is 0 Å². The smallest absolute Gasteiger partial charge is 0.339 e. The highest BCUT2D eigenvalue weighted by molar-refractivity contribution is 7.13. The minimum absolute atomic E-state index is 0.112. The van der Waals surface area contributed by atoms with Gasteiger partial charge in [0.05, 0.1) is 22.5 Å². The van der Waals surface area contributed by atoms with Crippen LogP contribution in [-0.2, 0) is 11.3 Å². The van der Waals surface area contributed by atoms with Gasteiger partial charge in [0, 0.05) is 34.3 Å². The molecule has 5 aromatic rings. The Bertz CT molecular complexity index is 1350. The van der Waals surface area contributed by atoms with Crippen molar-refractivity contribution in [3.05, 3.63) is 102 Å². The fourth-order valence-corrected chi connectivity index (χ4v) is 4.12. The molecular formula is C25H17N3O2S. The van der Waals surface area contributed by atoms with E-state index in [9.17, 15) is 4.79 Å². The Hall–Kier alpha value is -3.90. The van der Waals surface area contributed by atoms with Crippen molar-refractivity contribution in [2.45, 2.75) is 6.61 Å². The minimum Gasteiger partial charge on any atom is -0.456 e. The number of pyridine rings is 2. The third-order valence-corrected chi connectivity index (χ3v) is 5.76. The van der Waals surface area contributed by atoms with Crippen LogP contribution in [-0.4, -0.2) is 20.9 Å². The molecule has 0 saturated carbocycles. The zero-order chi connectivity index (χ0) is 21.0. The molecule has 0 N–H and O–H groups in total. The highest BCUT2D eigenvalue weighted by atomic mass is 32.1. The molecule has 6 heteroatoms. The quantitative estimate of drug-likeness (QED) is 0.335. The van der Waals surface area contributed by atoms with Crippen molar-refractivity contribution in [3.8, 4) is 21.8 Å². The fraction of sp³-hybridized carbons (Fsp3) is 0.0400. The van der Waals surface area contributed by atoms with Gasteiger partial charge in [-0.2, -0.15) is 0 Å². The first-order valence-corrected chi connectivity index (χ1v) is 10.6. The van der Waals surface area contributed by atoms with Gasteiger partial charge in [0.25, 0.3) is 0 Å². The molecule has 3 aromatic heterocycles. The predicted molar refractivity (Wildman–Crippen MR) is 122 cm³/mol. The van der Waals surface area contributed by atoms with Crippen molar-refractivity contribution < 1.29 is 9.53 Å². The van der Waals surface area contributed by atoms with Crippen LogP contribution in [0.4, 0.5) is 0 Å². The zero-order valence-electron chi connectivity index (χ0n) is 16.4. The Morgan fingerprint density at radius 2 is 1.71 bits per heavy atom. The van der Waals surface area contributed by atoms with Gasteiger partial charge in [-0.15, -0.1) is 11.3 Å². The molecule has 0 fully saturated rings. The summed E-state index contributed by atoms with van der Waals surface area (Å²) in [5, 5.41) is 3.57. The van der Waals surface area contributed by atoms with Crippen molar-refractivity contribution in [1.82, 2.24) is 15.0 Å². The molecular weight excluding hydrogens is 406 g/mol. The number of rotatable bonds is 5. The van der Waals surface area contributed by atoms with E-state index in [1.165, 1.54) is 11.3 Å². The molecule has 0 spiro atoms. The molecule has 0 radical (unpaired) electrons. The van der Waals surface area contributed by atoms with Crippen molar-refractivity contribution >= 4 is 28.2 Å². The normalized spacial score (nSPS) is 10.8. The molecule has 3 heterocycles. The van der Waals surface area contributed by atoms with Gasteiger partial charge in [0.1, 0.15) is 11.6 Å². The average molecular weight is 423 g/mol. The second kappa shape index (κ2) is 8.45. The summed E-state index contributed by atoms with van der Waals surface area (Å²) in [6.45, 7) is 0.112. The van der Waals surface area contributed by atoms with Gasteiger partial charge >= 0.3 is 5.97 Å². The number of aromatic nitrogens is 3. The minimum atomic E-state index is -0.405. The lowest BCUT2D eigenvalue weighted by molar-refractivity contribution is 0.0471. The van der Waals surface area contributed by atoms with Gasteiger partial charge in [-0.25, -0.2) is 14.8 Å². The van der Waals surface area contributed by atoms with E-state index in [-0.39, 0.29) is 6.61 Å². The number of fused-ring (bicyclic) bond motifs is 1. The molecule has 0 aliphatic heterocycles. The second-order valence-electron chi connectivity index (χ2n) is 6.90. The van der Waals surface area contributed by atoms with E-state index in [1.54, 1.807) is 18.5 Å². The summed E-state index contributed by atoms with van der Waals surface area (Å²) >= 11 is 1.53. The lowest BCUT2D eigenvalue weighted by Gasteiger charge is -2.09. The Balaban J connectivity index is 1.41. The molecule has 0 amide bonds. The number of carbonyl (C=O) groups excluding carboxylic acids is 1. The van der Waals surface area contributed by atoms with E-state index in [0.29, 0.717) is 11.3 Å². The Labute approximate surface area is 183 Å². The van der Waals surface area contributed by atoms with Gasteiger partial charge in [-0.05, 0) is 24.3 Å². The van der Waals surface area contributed by atoms with Gasteiger partial charge < -0.3 is 4.74 Å². The molecule has 5 rings (SSSR count). The first-order chi connectivity index (χ1) is 15.3. The molecule has 0 saturated heterocycles. The number of carbonyl (C=O) groups is 1. The molecule has 0 unspecified atom stereocenters. The summed E-state index contributed by atoms with van der Waals surface area (Å²) < 4.78 is 5.62. The van der Waals surface area contributed by atoms with E-state index < -0.39 is 5.97 Å². The molecule has 2 aromatic carbocycles. The van der Waals surface area contributed by atoms with Crippen LogP contribution in [0, 0.1) is 0 Å². The monoisotopic (exact) mass is 423 g/mol. The molecule has 5 nitrogen and oxygen atoms in total. The first kappa shape index (κ1) is 19.1. The summed E-state index contributed by atoms with van der Waals surface area (Å²) in [5.74, 6) is -0.405. The Morgan fingerprint density at radius 1 is 0.903 bits per heavy atom. The maximum atomic E-state index is 13.0. The lowest BCUT2D eigenvalue weighted by atomic mass is 10.1. The summed E-state index contributed by atoms with van der Waals surface area (Å²) in [7, 11) is 0. The van der Waals surface area contributed by atoms with E-state index in [2.05, 4.69) is 15.0 Å². The standard InChI is InChI=1S/C25H17N3O2S/c29-25(30-15-19-16-31-24(27-19)17-7-2-1-3-8-17)21-13-23(18-9-6-12-26-14-18)28-22-11-5-4-10-20(21)22/h1-14,16H,15H2. The summed E-state index contributed by atoms with van der Waals surface area (Å²) in [6.07, 6.45) is 3.43. The summed E-state index contributed by atoms with van der Waals surface area (Å²) in [4.78, 5) is 26.4. The first-order valence-electron chi connectivity index (χ1n) is 9.75. The Kier molecular flexibility index (Phi) is 5.21. The number of para-hydroxylation sites is 1. The number of benzene rings is 2. The highest BCUT2D eigenvalue weighted by Crippen LogP contribution is 2.26. The van der Waals surface area contributed by atoms with Crippen molar-refractivity contribution in [2.75, 3.05) is 0 Å². The van der Waals surface area contributed by atoms with E-state index in [0.717, 1.165) is 32.7 Å². The average Bonchev–Trinajstić information content (AvgIpc) is 3.32. The molecule has 0 aliphatic carbocycles. The van der Waals surface area contributed by atoms with E-state index in [4.69, 9.17) is 4.74 Å². The van der Waals surface area contributed by atoms with Crippen LogP contribution in [0.2, 0.25) is 0 Å². The largest absolute Gasteiger partial charge is 0.456 e. The maximum absolute atomic E-state index is 13.0. The topological polar surface area (TPSA) is 65.0 Å². The van der Waals surface area contributed by atoms with E-state index >= 15 is 0 Å². The number of esters is 1. The Morgan fingerprint density at radius 3 is 2.55 bits per heavy atom. The van der Waals surface area contributed by atoms with Crippen LogP contribution in [0.15, 0.2) is 90.6 Å². The van der Waals surface area contributed by atoms with E-state index in [1.807, 2.05) is 72.1 Å². The third kappa shape index (κ3) is 4.06. The molecule has 150 valence electrons. The van der Waals surface area contributed by atoms with Gasteiger partial charge in [0.2, 0.25) is 0 Å². The molecule has 31 heavy (non-hydrogen) atoms. The summed E-state index contributed by atoms with van der Waals surface area (Å²) in [5.41, 5.74) is 4.50. The van der Waals surface area contributed by atoms with Crippen LogP contribution in [0.5, 0.6) is 0 Å². The third-order valence-electron chi connectivity index (χ3n) is 4.82. The van der Waals surface area contributed by atoms with Crippen molar-refractivity contribution in [1.29, 1.82) is 0 Å². The summed E-state index contributed by atoms with van der Waals surface area (Å²) in [6, 6.07) is 23.0. The molecule has 0 bridgehead atoms. The van der Waals surface area contributed by atoms with Gasteiger partial charge in [0.15, 0.2) is 0 Å². The van der Waals surface area contributed by atoms with Gasteiger partial charge in [-0.3, -0.25) is 4.98 Å². The van der Waals surface area contributed by atoms with Gasteiger partial charge in [-0.1, -0.05) is 48.5 Å². The predicted octanol–water partition coefficient (Wildman–Crippen LogP) is 5.78. The molecule has 0 aliphatic rings. The highest BCUT2D eigenvalue weighted by Gasteiger charge is 2.16. The molecule has 0 atom stereocenters. The fourth-order valence-electron chi connectivity index (χ4n) is 3.31. The second-order valence-corrected chi connectivity index (χ2v) is 7.76.